The first-order valence-corrected chi connectivity index (χ1v) is 11.6. The molecule has 2 saturated heterocycles. The van der Waals surface area contributed by atoms with Gasteiger partial charge in [-0.15, -0.1) is 0 Å². The van der Waals surface area contributed by atoms with Crippen LogP contribution >= 0.6 is 0 Å². The molecule has 8 heteroatoms. The van der Waals surface area contributed by atoms with E-state index >= 15 is 0 Å². The molecule has 2 aliphatic rings. The molecule has 0 bridgehead atoms. The molecule has 0 N–H and O–H groups in total. The first-order valence-electron chi connectivity index (χ1n) is 11.6. The Morgan fingerprint density at radius 1 is 1.06 bits per heavy atom. The molecule has 2 aromatic heterocycles. The number of piperidine rings is 1. The Morgan fingerprint density at radius 3 is 2.42 bits per heavy atom. The first-order chi connectivity index (χ1) is 15.0. The normalized spacial score (nSPS) is 19.7. The van der Waals surface area contributed by atoms with Crippen molar-refractivity contribution >= 4 is 22.6 Å². The number of anilines is 1. The van der Waals surface area contributed by atoms with Crippen molar-refractivity contribution in [3.63, 3.8) is 0 Å². The number of hydrogen-bond acceptors (Lipinski definition) is 5. The standard InChI is InChI=1S/C23H33F2N5O/c1-28-23-18(7-8-21(26-23)30-11-5-3-2-4-6-12-30)22(27-28)19(31)15-17-9-13-29(14-10-17)16-20(24)25/h7-8,17,20H,2-6,9-16H2,1H3. The summed E-state index contributed by atoms with van der Waals surface area (Å²) in [6, 6.07) is 4.01. The lowest BCUT2D eigenvalue weighted by molar-refractivity contribution is 0.0655. The van der Waals surface area contributed by atoms with Crippen molar-refractivity contribution in [1.29, 1.82) is 0 Å². The van der Waals surface area contributed by atoms with Gasteiger partial charge < -0.3 is 4.90 Å². The van der Waals surface area contributed by atoms with Gasteiger partial charge in [0.1, 0.15) is 11.5 Å². The van der Waals surface area contributed by atoms with Crippen LogP contribution in [0.1, 0.15) is 61.9 Å². The van der Waals surface area contributed by atoms with Crippen molar-refractivity contribution in [2.24, 2.45) is 13.0 Å². The van der Waals surface area contributed by atoms with Crippen molar-refractivity contribution in [3.05, 3.63) is 17.8 Å². The minimum absolute atomic E-state index is 0.0266. The lowest BCUT2D eigenvalue weighted by Crippen LogP contribution is -2.37. The number of pyridine rings is 1. The molecule has 0 saturated carbocycles. The van der Waals surface area contributed by atoms with Crippen molar-refractivity contribution in [2.75, 3.05) is 37.6 Å². The number of carbonyl (C=O) groups is 1. The minimum Gasteiger partial charge on any atom is -0.357 e. The highest BCUT2D eigenvalue weighted by molar-refractivity contribution is 6.05. The number of aryl methyl sites for hydroxylation is 1. The van der Waals surface area contributed by atoms with E-state index in [4.69, 9.17) is 4.98 Å². The largest absolute Gasteiger partial charge is 0.357 e. The van der Waals surface area contributed by atoms with Crippen LogP contribution in [-0.2, 0) is 7.05 Å². The summed E-state index contributed by atoms with van der Waals surface area (Å²) in [6.07, 6.45) is 5.90. The second-order valence-corrected chi connectivity index (χ2v) is 9.03. The molecule has 4 rings (SSSR count). The van der Waals surface area contributed by atoms with Gasteiger partial charge in [-0.05, 0) is 56.8 Å². The van der Waals surface area contributed by atoms with E-state index in [0.717, 1.165) is 42.8 Å². The molecular formula is C23H33F2N5O. The zero-order valence-corrected chi connectivity index (χ0v) is 18.4. The highest BCUT2D eigenvalue weighted by atomic mass is 19.3. The molecule has 0 unspecified atom stereocenters. The number of rotatable bonds is 6. The van der Waals surface area contributed by atoms with Gasteiger partial charge in [0, 0.05) is 26.6 Å². The van der Waals surface area contributed by atoms with Crippen LogP contribution in [0.5, 0.6) is 0 Å². The summed E-state index contributed by atoms with van der Waals surface area (Å²) < 4.78 is 26.8. The van der Waals surface area contributed by atoms with E-state index in [1.54, 1.807) is 9.58 Å². The molecule has 2 aliphatic heterocycles. The molecule has 2 fully saturated rings. The van der Waals surface area contributed by atoms with Gasteiger partial charge in [-0.25, -0.2) is 18.4 Å². The fourth-order valence-corrected chi connectivity index (χ4v) is 4.91. The van der Waals surface area contributed by atoms with Crippen LogP contribution < -0.4 is 4.90 Å². The number of ketones is 1. The molecule has 0 radical (unpaired) electrons. The average Bonchev–Trinajstić information content (AvgIpc) is 3.05. The third-order valence-electron chi connectivity index (χ3n) is 6.69. The Balaban J connectivity index is 1.44. The summed E-state index contributed by atoms with van der Waals surface area (Å²) in [5, 5.41) is 5.31. The molecule has 0 aliphatic carbocycles. The molecule has 2 aromatic rings. The molecule has 170 valence electrons. The Hall–Kier alpha value is -2.09. The van der Waals surface area contributed by atoms with Crippen LogP contribution in [0.2, 0.25) is 0 Å². The second-order valence-electron chi connectivity index (χ2n) is 9.03. The zero-order valence-electron chi connectivity index (χ0n) is 18.4. The Kier molecular flexibility index (Phi) is 7.15. The minimum atomic E-state index is -2.30. The molecule has 31 heavy (non-hydrogen) atoms. The van der Waals surface area contributed by atoms with Crippen LogP contribution in [0.25, 0.3) is 11.0 Å². The molecule has 0 amide bonds. The van der Waals surface area contributed by atoms with Crippen molar-refractivity contribution in [1.82, 2.24) is 19.7 Å². The Bertz CT molecular complexity index is 883. The summed E-state index contributed by atoms with van der Waals surface area (Å²) in [5.74, 6) is 1.22. The van der Waals surface area contributed by atoms with E-state index in [1.165, 1.54) is 32.1 Å². The van der Waals surface area contributed by atoms with Gasteiger partial charge in [0.15, 0.2) is 11.4 Å². The maximum atomic E-state index is 13.0. The van der Waals surface area contributed by atoms with E-state index in [1.807, 2.05) is 19.2 Å². The molecule has 0 aromatic carbocycles. The van der Waals surface area contributed by atoms with E-state index < -0.39 is 6.43 Å². The fraction of sp³-hybridized carbons (Fsp3) is 0.696. The van der Waals surface area contributed by atoms with E-state index in [2.05, 4.69) is 10.00 Å². The molecule has 0 spiro atoms. The van der Waals surface area contributed by atoms with Crippen molar-refractivity contribution < 1.29 is 13.6 Å². The van der Waals surface area contributed by atoms with E-state index in [9.17, 15) is 13.6 Å². The number of nitrogens with zero attached hydrogens (tertiary/aromatic N) is 5. The summed E-state index contributed by atoms with van der Waals surface area (Å²) in [5.41, 5.74) is 1.23. The highest BCUT2D eigenvalue weighted by Gasteiger charge is 2.26. The maximum Gasteiger partial charge on any atom is 0.251 e. The van der Waals surface area contributed by atoms with E-state index in [-0.39, 0.29) is 18.2 Å². The average molecular weight is 434 g/mol. The monoisotopic (exact) mass is 433 g/mol. The highest BCUT2D eigenvalue weighted by Crippen LogP contribution is 2.27. The van der Waals surface area contributed by atoms with Gasteiger partial charge >= 0.3 is 0 Å². The summed E-state index contributed by atoms with van der Waals surface area (Å²) in [4.78, 5) is 22.0. The van der Waals surface area contributed by atoms with Crippen LogP contribution in [0.15, 0.2) is 12.1 Å². The van der Waals surface area contributed by atoms with Crippen LogP contribution in [0, 0.1) is 5.92 Å². The number of halogens is 2. The van der Waals surface area contributed by atoms with E-state index in [0.29, 0.717) is 25.2 Å². The van der Waals surface area contributed by atoms with Crippen LogP contribution in [0.4, 0.5) is 14.6 Å². The number of Topliss-reactive ketones (excluding diaryl/α,β-unsaturated/α-hetero) is 1. The Morgan fingerprint density at radius 2 is 1.74 bits per heavy atom. The molecule has 0 atom stereocenters. The topological polar surface area (TPSA) is 54.3 Å². The van der Waals surface area contributed by atoms with Crippen LogP contribution in [0.3, 0.4) is 0 Å². The number of hydrogen-bond donors (Lipinski definition) is 0. The first kappa shape index (κ1) is 22.1. The fourth-order valence-electron chi connectivity index (χ4n) is 4.91. The number of likely N-dealkylation sites (tertiary alicyclic amines) is 1. The van der Waals surface area contributed by atoms with Crippen LogP contribution in [-0.4, -0.2) is 64.6 Å². The van der Waals surface area contributed by atoms with Gasteiger partial charge in [0.05, 0.1) is 11.9 Å². The summed E-state index contributed by atoms with van der Waals surface area (Å²) in [6.45, 7) is 3.13. The zero-order chi connectivity index (χ0) is 21.8. The van der Waals surface area contributed by atoms with Gasteiger partial charge in [0.2, 0.25) is 0 Å². The lowest BCUT2D eigenvalue weighted by Gasteiger charge is -2.31. The number of carbonyl (C=O) groups excluding carboxylic acids is 1. The quantitative estimate of drug-likeness (QED) is 0.636. The number of aromatic nitrogens is 3. The molecular weight excluding hydrogens is 400 g/mol. The van der Waals surface area contributed by atoms with Gasteiger partial charge in [-0.2, -0.15) is 5.10 Å². The van der Waals surface area contributed by atoms with Gasteiger partial charge in [0.25, 0.3) is 6.43 Å². The third kappa shape index (κ3) is 5.40. The van der Waals surface area contributed by atoms with Crippen molar-refractivity contribution in [2.45, 2.75) is 57.8 Å². The summed E-state index contributed by atoms with van der Waals surface area (Å²) >= 11 is 0. The summed E-state index contributed by atoms with van der Waals surface area (Å²) in [7, 11) is 1.84. The smallest absolute Gasteiger partial charge is 0.251 e. The Labute approximate surface area is 182 Å². The predicted octanol–water partition coefficient (Wildman–Crippen LogP) is 4.29. The van der Waals surface area contributed by atoms with Gasteiger partial charge in [-0.1, -0.05) is 19.3 Å². The second kappa shape index (κ2) is 10.0. The number of fused-ring (bicyclic) bond motifs is 1. The SMILES string of the molecule is Cn1nc(C(=O)CC2CCN(CC(F)F)CC2)c2ccc(N3CCCCCCC3)nc21. The molecule has 6 nitrogen and oxygen atoms in total. The third-order valence-corrected chi connectivity index (χ3v) is 6.69. The maximum absolute atomic E-state index is 13.0. The van der Waals surface area contributed by atoms with Crippen molar-refractivity contribution in [3.8, 4) is 0 Å². The lowest BCUT2D eigenvalue weighted by atomic mass is 9.90. The number of alkyl halides is 2. The van der Waals surface area contributed by atoms with Gasteiger partial charge in [-0.3, -0.25) is 9.69 Å². The molecule has 4 heterocycles. The predicted molar refractivity (Wildman–Crippen MR) is 118 cm³/mol.